The van der Waals surface area contributed by atoms with E-state index in [2.05, 4.69) is 13.8 Å². The predicted octanol–water partition coefficient (Wildman–Crippen LogP) is 14.4. The lowest BCUT2D eigenvalue weighted by atomic mass is 10.1. The van der Waals surface area contributed by atoms with Crippen LogP contribution in [0.15, 0.2) is 97.1 Å². The van der Waals surface area contributed by atoms with Crippen molar-refractivity contribution in [1.29, 1.82) is 0 Å². The van der Waals surface area contributed by atoms with E-state index in [4.69, 9.17) is 28.4 Å². The van der Waals surface area contributed by atoms with E-state index in [1.165, 1.54) is 127 Å². The Morgan fingerprint density at radius 3 is 0.877 bits per heavy atom. The highest BCUT2D eigenvalue weighted by Crippen LogP contribution is 2.23. The van der Waals surface area contributed by atoms with E-state index in [0.29, 0.717) is 47.3 Å². The summed E-state index contributed by atoms with van der Waals surface area (Å²) in [5, 5.41) is 0. The summed E-state index contributed by atoms with van der Waals surface area (Å²) >= 11 is 0. The Labute approximate surface area is 387 Å². The third-order valence-corrected chi connectivity index (χ3v) is 11.0. The molecule has 0 saturated heterocycles. The number of esters is 4. The van der Waals surface area contributed by atoms with E-state index in [1.54, 1.807) is 72.8 Å². The summed E-state index contributed by atoms with van der Waals surface area (Å²) in [5.74, 6) is 0.525. The lowest BCUT2D eigenvalue weighted by Crippen LogP contribution is -2.12. The van der Waals surface area contributed by atoms with Gasteiger partial charge in [0.05, 0.1) is 24.3 Å². The molecule has 0 aliphatic rings. The van der Waals surface area contributed by atoms with Crippen LogP contribution in [0.25, 0.3) is 0 Å². The number of carbonyl (C=O) groups is 4. The molecule has 10 nitrogen and oxygen atoms in total. The second-order valence-corrected chi connectivity index (χ2v) is 16.6. The molecule has 0 N–H and O–H groups in total. The molecule has 0 aromatic heterocycles. The maximum absolute atomic E-state index is 12.7. The van der Waals surface area contributed by atoms with Gasteiger partial charge in [-0.15, -0.1) is 0 Å². The van der Waals surface area contributed by atoms with Crippen LogP contribution in [0.5, 0.6) is 34.5 Å². The van der Waals surface area contributed by atoms with E-state index >= 15 is 0 Å². The maximum atomic E-state index is 12.7. The highest BCUT2D eigenvalue weighted by atomic mass is 16.6. The number of benzene rings is 4. The molecule has 0 fully saturated rings. The minimum Gasteiger partial charge on any atom is -0.494 e. The van der Waals surface area contributed by atoms with Crippen LogP contribution < -0.4 is 28.4 Å². The van der Waals surface area contributed by atoms with Crippen molar-refractivity contribution in [1.82, 2.24) is 0 Å². The minimum absolute atomic E-state index is 0.00779. The molecule has 0 radical (unpaired) electrons. The third kappa shape index (κ3) is 22.7. The van der Waals surface area contributed by atoms with Crippen LogP contribution in [0.4, 0.5) is 0 Å². The molecule has 352 valence electrons. The standard InChI is InChI=1S/C55H72O10/c1-3-5-7-9-11-13-15-17-19-21-42-60-46-30-26-44(27-31-46)54(58)64-50-38-34-48(35-39-50)62-52(56)24-23-25-53(57)63-49-36-40-51(41-37-49)65-55(59)45-28-32-47(33-29-45)61-43-22-20-18-16-14-12-10-8-6-4-2/h26-41H,3-25,42-43H2,1-2H3. The largest absolute Gasteiger partial charge is 0.494 e. The predicted molar refractivity (Wildman–Crippen MR) is 255 cm³/mol. The summed E-state index contributed by atoms with van der Waals surface area (Å²) in [6.07, 6.45) is 25.6. The summed E-state index contributed by atoms with van der Waals surface area (Å²) in [6, 6.07) is 26.1. The quantitative estimate of drug-likeness (QED) is 0.0254. The SMILES string of the molecule is CCCCCCCCCCCCOc1ccc(C(=O)Oc2ccc(OC(=O)CCCC(=O)Oc3ccc(OC(=O)c4ccc(OCCCCCCCCCCCC)cc4)cc3)cc2)cc1. The van der Waals surface area contributed by atoms with Crippen LogP contribution in [0, 0.1) is 0 Å². The first kappa shape index (κ1) is 52.0. The van der Waals surface area contributed by atoms with E-state index in [9.17, 15) is 19.2 Å². The molecule has 10 heteroatoms. The molecule has 0 saturated carbocycles. The second kappa shape index (κ2) is 32.1. The fourth-order valence-corrected chi connectivity index (χ4v) is 7.16. The first-order valence-electron chi connectivity index (χ1n) is 24.3. The molecule has 0 amide bonds. The van der Waals surface area contributed by atoms with Gasteiger partial charge in [-0.05, 0) is 116 Å². The number of unbranched alkanes of at least 4 members (excludes halogenated alkanes) is 18. The fourth-order valence-electron chi connectivity index (χ4n) is 7.16. The number of ether oxygens (including phenoxy) is 6. The zero-order chi connectivity index (χ0) is 46.2. The van der Waals surface area contributed by atoms with Gasteiger partial charge in [-0.25, -0.2) is 9.59 Å². The van der Waals surface area contributed by atoms with Gasteiger partial charge in [0.2, 0.25) is 0 Å². The van der Waals surface area contributed by atoms with Gasteiger partial charge in [0.25, 0.3) is 0 Å². The van der Waals surface area contributed by atoms with Gasteiger partial charge in [0.15, 0.2) is 0 Å². The Morgan fingerprint density at radius 1 is 0.308 bits per heavy atom. The molecular weight excluding hydrogens is 821 g/mol. The van der Waals surface area contributed by atoms with Crippen molar-refractivity contribution >= 4 is 23.9 Å². The summed E-state index contributed by atoms with van der Waals surface area (Å²) in [6.45, 7) is 5.79. The highest BCUT2D eigenvalue weighted by molar-refractivity contribution is 5.91. The molecule has 4 aromatic rings. The van der Waals surface area contributed by atoms with E-state index in [1.807, 2.05) is 0 Å². The molecule has 0 bridgehead atoms. The molecule has 0 aliphatic heterocycles. The van der Waals surface area contributed by atoms with E-state index < -0.39 is 23.9 Å². The molecule has 4 aromatic carbocycles. The topological polar surface area (TPSA) is 124 Å². The Morgan fingerprint density at radius 2 is 0.569 bits per heavy atom. The van der Waals surface area contributed by atoms with Crippen molar-refractivity contribution in [3.8, 4) is 34.5 Å². The lowest BCUT2D eigenvalue weighted by Gasteiger charge is -2.09. The normalized spacial score (nSPS) is 10.9. The summed E-state index contributed by atoms with van der Waals surface area (Å²) in [7, 11) is 0. The summed E-state index contributed by atoms with van der Waals surface area (Å²) in [4.78, 5) is 50.3. The molecular formula is C55H72O10. The molecule has 0 spiro atoms. The highest BCUT2D eigenvalue weighted by Gasteiger charge is 2.13. The number of hydrogen-bond donors (Lipinski definition) is 0. The molecule has 4 rings (SSSR count). The summed E-state index contributed by atoms with van der Waals surface area (Å²) in [5.41, 5.74) is 0.780. The van der Waals surface area contributed by atoms with E-state index in [-0.39, 0.29) is 30.8 Å². The molecule has 65 heavy (non-hydrogen) atoms. The monoisotopic (exact) mass is 893 g/mol. The Balaban J connectivity index is 1.03. The second-order valence-electron chi connectivity index (χ2n) is 16.6. The van der Waals surface area contributed by atoms with Crippen LogP contribution in [0.3, 0.4) is 0 Å². The molecule has 0 atom stereocenters. The van der Waals surface area contributed by atoms with E-state index in [0.717, 1.165) is 25.7 Å². The van der Waals surface area contributed by atoms with Gasteiger partial charge in [0.1, 0.15) is 34.5 Å². The van der Waals surface area contributed by atoms with Gasteiger partial charge < -0.3 is 28.4 Å². The van der Waals surface area contributed by atoms with Gasteiger partial charge in [-0.3, -0.25) is 9.59 Å². The van der Waals surface area contributed by atoms with Crippen molar-refractivity contribution in [3.05, 3.63) is 108 Å². The maximum Gasteiger partial charge on any atom is 0.343 e. The average Bonchev–Trinajstić information content (AvgIpc) is 3.31. The Kier molecular flexibility index (Phi) is 25.7. The van der Waals surface area contributed by atoms with Gasteiger partial charge >= 0.3 is 23.9 Å². The number of carbonyl (C=O) groups excluding carboxylic acids is 4. The van der Waals surface area contributed by atoms with Crippen LogP contribution >= 0.6 is 0 Å². The zero-order valence-electron chi connectivity index (χ0n) is 39.0. The van der Waals surface area contributed by atoms with Gasteiger partial charge in [-0.1, -0.05) is 129 Å². The lowest BCUT2D eigenvalue weighted by molar-refractivity contribution is -0.136. The third-order valence-electron chi connectivity index (χ3n) is 11.0. The fraction of sp³-hybridized carbons (Fsp3) is 0.491. The number of hydrogen-bond acceptors (Lipinski definition) is 10. The molecule has 0 heterocycles. The summed E-state index contributed by atoms with van der Waals surface area (Å²) < 4.78 is 33.5. The van der Waals surface area contributed by atoms with Gasteiger partial charge in [-0.2, -0.15) is 0 Å². The smallest absolute Gasteiger partial charge is 0.343 e. The average molecular weight is 893 g/mol. The van der Waals surface area contributed by atoms with Gasteiger partial charge in [0, 0.05) is 12.8 Å². The zero-order valence-corrected chi connectivity index (χ0v) is 39.0. The van der Waals surface area contributed by atoms with Crippen molar-refractivity contribution in [2.24, 2.45) is 0 Å². The molecule has 0 unspecified atom stereocenters. The van der Waals surface area contributed by atoms with Crippen molar-refractivity contribution < 1.29 is 47.6 Å². The number of rotatable bonds is 34. The first-order chi connectivity index (χ1) is 31.8. The van der Waals surface area contributed by atoms with Crippen LogP contribution in [-0.4, -0.2) is 37.1 Å². The van der Waals surface area contributed by atoms with Crippen molar-refractivity contribution in [3.63, 3.8) is 0 Å². The van der Waals surface area contributed by atoms with Crippen LogP contribution in [0.1, 0.15) is 182 Å². The first-order valence-corrected chi connectivity index (χ1v) is 24.3. The van der Waals surface area contributed by atoms with Crippen molar-refractivity contribution in [2.45, 2.75) is 162 Å². The van der Waals surface area contributed by atoms with Crippen LogP contribution in [-0.2, 0) is 9.59 Å². The van der Waals surface area contributed by atoms with Crippen molar-refractivity contribution in [2.75, 3.05) is 13.2 Å². The van der Waals surface area contributed by atoms with Crippen LogP contribution in [0.2, 0.25) is 0 Å². The Bertz CT molecular complexity index is 1780. The molecule has 0 aliphatic carbocycles. The minimum atomic E-state index is -0.518. The Hall–Kier alpha value is -5.64.